The van der Waals surface area contributed by atoms with Crippen molar-refractivity contribution in [2.45, 2.75) is 13.3 Å². The monoisotopic (exact) mass is 231 g/mol. The van der Waals surface area contributed by atoms with Gasteiger partial charge in [0.05, 0.1) is 18.5 Å². The van der Waals surface area contributed by atoms with Crippen LogP contribution < -0.4 is 10.3 Å². The number of ether oxygens (including phenoxy) is 1. The lowest BCUT2D eigenvalue weighted by molar-refractivity contribution is 0.316. The second kappa shape index (κ2) is 5.25. The molecule has 0 bridgehead atoms. The van der Waals surface area contributed by atoms with E-state index in [0.29, 0.717) is 18.1 Å². The maximum Gasteiger partial charge on any atom is 0.264 e. The Balaban J connectivity index is 2.26. The van der Waals surface area contributed by atoms with Crippen LogP contribution in [-0.2, 0) is 0 Å². The summed E-state index contributed by atoms with van der Waals surface area (Å²) < 4.78 is 5.48. The Hall–Kier alpha value is -2.17. The molecule has 0 spiro atoms. The Kier molecular flexibility index (Phi) is 3.49. The molecule has 0 saturated carbocycles. The fourth-order valence-electron chi connectivity index (χ4n) is 1.36. The van der Waals surface area contributed by atoms with Gasteiger partial charge in [0, 0.05) is 17.8 Å². The van der Waals surface area contributed by atoms with Crippen LogP contribution in [0.1, 0.15) is 13.3 Å². The third-order valence-electron chi connectivity index (χ3n) is 2.16. The normalized spacial score (nSPS) is 10.2. The first kappa shape index (κ1) is 11.3. The quantitative estimate of drug-likeness (QED) is 0.868. The van der Waals surface area contributed by atoms with Crippen LogP contribution in [0.15, 0.2) is 35.4 Å². The van der Waals surface area contributed by atoms with Crippen LogP contribution in [0, 0.1) is 0 Å². The standard InChI is InChI=1S/C12H13N3O2/c1-2-5-17-10-6-9(7-13-8-10)11-3-4-12(16)15-14-11/h3-4,6-8H,2,5H2,1H3,(H,15,16). The van der Waals surface area contributed by atoms with Crippen LogP contribution in [-0.4, -0.2) is 21.8 Å². The molecule has 0 fully saturated rings. The van der Waals surface area contributed by atoms with Crippen molar-refractivity contribution in [2.75, 3.05) is 6.61 Å². The van der Waals surface area contributed by atoms with E-state index in [4.69, 9.17) is 4.74 Å². The molecule has 0 aliphatic carbocycles. The second-order valence-corrected chi connectivity index (χ2v) is 3.56. The summed E-state index contributed by atoms with van der Waals surface area (Å²) in [5, 5.41) is 6.32. The Labute approximate surface area is 98.5 Å². The van der Waals surface area contributed by atoms with Gasteiger partial charge >= 0.3 is 0 Å². The highest BCUT2D eigenvalue weighted by atomic mass is 16.5. The highest BCUT2D eigenvalue weighted by molar-refractivity contribution is 5.58. The molecule has 17 heavy (non-hydrogen) atoms. The average molecular weight is 231 g/mol. The number of aromatic nitrogens is 3. The van der Waals surface area contributed by atoms with E-state index >= 15 is 0 Å². The van der Waals surface area contributed by atoms with Gasteiger partial charge in [-0.15, -0.1) is 0 Å². The zero-order chi connectivity index (χ0) is 12.1. The van der Waals surface area contributed by atoms with Crippen molar-refractivity contribution in [3.05, 3.63) is 40.9 Å². The summed E-state index contributed by atoms with van der Waals surface area (Å²) in [6.07, 6.45) is 4.28. The SMILES string of the molecule is CCCOc1cncc(-c2ccc(=O)[nH]n2)c1. The zero-order valence-corrected chi connectivity index (χ0v) is 9.51. The number of aromatic amines is 1. The van der Waals surface area contributed by atoms with Gasteiger partial charge in [-0.2, -0.15) is 5.10 Å². The van der Waals surface area contributed by atoms with E-state index in [2.05, 4.69) is 15.2 Å². The van der Waals surface area contributed by atoms with Gasteiger partial charge in [0.25, 0.3) is 5.56 Å². The summed E-state index contributed by atoms with van der Waals surface area (Å²) in [5.41, 5.74) is 1.26. The Morgan fingerprint density at radius 3 is 2.94 bits per heavy atom. The van der Waals surface area contributed by atoms with E-state index in [0.717, 1.165) is 12.0 Å². The van der Waals surface area contributed by atoms with E-state index < -0.39 is 0 Å². The van der Waals surface area contributed by atoms with E-state index in [9.17, 15) is 4.79 Å². The van der Waals surface area contributed by atoms with Crippen LogP contribution in [0.25, 0.3) is 11.3 Å². The third kappa shape index (κ3) is 2.90. The van der Waals surface area contributed by atoms with Gasteiger partial charge in [-0.05, 0) is 18.6 Å². The fourth-order valence-corrected chi connectivity index (χ4v) is 1.36. The minimum absolute atomic E-state index is 0.222. The molecule has 88 valence electrons. The Morgan fingerprint density at radius 2 is 2.24 bits per heavy atom. The molecule has 1 N–H and O–H groups in total. The van der Waals surface area contributed by atoms with Crippen molar-refractivity contribution in [3.63, 3.8) is 0 Å². The van der Waals surface area contributed by atoms with Gasteiger partial charge in [0.2, 0.25) is 0 Å². The number of rotatable bonds is 4. The molecule has 2 aromatic rings. The molecule has 0 atom stereocenters. The van der Waals surface area contributed by atoms with Crippen LogP contribution in [0.5, 0.6) is 5.75 Å². The molecular formula is C12H13N3O2. The van der Waals surface area contributed by atoms with Gasteiger partial charge in [-0.25, -0.2) is 5.10 Å². The average Bonchev–Trinajstić information content (AvgIpc) is 2.37. The molecule has 2 aromatic heterocycles. The molecule has 2 rings (SSSR count). The minimum Gasteiger partial charge on any atom is -0.492 e. The molecule has 0 radical (unpaired) electrons. The van der Waals surface area contributed by atoms with E-state index in [1.54, 1.807) is 18.5 Å². The molecule has 2 heterocycles. The second-order valence-electron chi connectivity index (χ2n) is 3.56. The maximum absolute atomic E-state index is 10.9. The summed E-state index contributed by atoms with van der Waals surface area (Å²) >= 11 is 0. The number of nitrogens with zero attached hydrogens (tertiary/aromatic N) is 2. The van der Waals surface area contributed by atoms with Gasteiger partial charge < -0.3 is 4.74 Å². The largest absolute Gasteiger partial charge is 0.492 e. The predicted molar refractivity (Wildman–Crippen MR) is 63.9 cm³/mol. The van der Waals surface area contributed by atoms with Gasteiger partial charge in [-0.3, -0.25) is 9.78 Å². The molecule has 0 aromatic carbocycles. The number of H-pyrrole nitrogens is 1. The van der Waals surface area contributed by atoms with Crippen LogP contribution in [0.4, 0.5) is 0 Å². The first-order valence-electron chi connectivity index (χ1n) is 5.43. The highest BCUT2D eigenvalue weighted by Crippen LogP contribution is 2.19. The lowest BCUT2D eigenvalue weighted by atomic mass is 10.2. The molecule has 5 heteroatoms. The molecule has 0 aliphatic rings. The fraction of sp³-hybridized carbons (Fsp3) is 0.250. The topological polar surface area (TPSA) is 67.9 Å². The molecule has 0 saturated heterocycles. The van der Waals surface area contributed by atoms with Crippen molar-refractivity contribution >= 4 is 0 Å². The zero-order valence-electron chi connectivity index (χ0n) is 9.51. The highest BCUT2D eigenvalue weighted by Gasteiger charge is 2.02. The summed E-state index contributed by atoms with van der Waals surface area (Å²) in [4.78, 5) is 15.0. The number of pyridine rings is 1. The van der Waals surface area contributed by atoms with Crippen molar-refractivity contribution in [1.29, 1.82) is 0 Å². The number of hydrogen-bond donors (Lipinski definition) is 1. The minimum atomic E-state index is -0.222. The molecule has 0 unspecified atom stereocenters. The van der Waals surface area contributed by atoms with Crippen molar-refractivity contribution in [1.82, 2.24) is 15.2 Å². The lowest BCUT2D eigenvalue weighted by Crippen LogP contribution is -2.05. The van der Waals surface area contributed by atoms with Crippen LogP contribution >= 0.6 is 0 Å². The molecule has 5 nitrogen and oxygen atoms in total. The summed E-state index contributed by atoms with van der Waals surface area (Å²) in [6.45, 7) is 2.70. The van der Waals surface area contributed by atoms with Gasteiger partial charge in [0.1, 0.15) is 5.75 Å². The Morgan fingerprint density at radius 1 is 1.35 bits per heavy atom. The number of nitrogens with one attached hydrogen (secondary N) is 1. The summed E-state index contributed by atoms with van der Waals surface area (Å²) in [7, 11) is 0. The van der Waals surface area contributed by atoms with E-state index in [-0.39, 0.29) is 5.56 Å². The predicted octanol–water partition coefficient (Wildman–Crippen LogP) is 1.62. The van der Waals surface area contributed by atoms with Crippen molar-refractivity contribution in [2.24, 2.45) is 0 Å². The number of hydrogen-bond acceptors (Lipinski definition) is 4. The molecule has 0 amide bonds. The van der Waals surface area contributed by atoms with E-state index in [1.165, 1.54) is 6.07 Å². The van der Waals surface area contributed by atoms with Crippen molar-refractivity contribution < 1.29 is 4.74 Å². The Bertz CT molecular complexity index is 531. The van der Waals surface area contributed by atoms with Crippen LogP contribution in [0.3, 0.4) is 0 Å². The van der Waals surface area contributed by atoms with Crippen LogP contribution in [0.2, 0.25) is 0 Å². The van der Waals surface area contributed by atoms with Gasteiger partial charge in [-0.1, -0.05) is 6.92 Å². The van der Waals surface area contributed by atoms with E-state index in [1.807, 2.05) is 13.0 Å². The lowest BCUT2D eigenvalue weighted by Gasteiger charge is -2.05. The molecule has 0 aliphatic heterocycles. The van der Waals surface area contributed by atoms with Gasteiger partial charge in [0.15, 0.2) is 0 Å². The third-order valence-corrected chi connectivity index (χ3v) is 2.16. The first-order valence-corrected chi connectivity index (χ1v) is 5.43. The first-order chi connectivity index (χ1) is 8.29. The summed E-state index contributed by atoms with van der Waals surface area (Å²) in [5.74, 6) is 0.706. The smallest absolute Gasteiger partial charge is 0.264 e. The molecular weight excluding hydrogens is 218 g/mol. The van der Waals surface area contributed by atoms with Crippen molar-refractivity contribution in [3.8, 4) is 17.0 Å². The summed E-state index contributed by atoms with van der Waals surface area (Å²) in [6, 6.07) is 4.94. The maximum atomic E-state index is 10.9.